The average molecular weight is 228 g/mol. The molecule has 1 aliphatic rings. The summed E-state index contributed by atoms with van der Waals surface area (Å²) in [5.74, 6) is 0.877. The van der Waals surface area contributed by atoms with Crippen LogP contribution in [0.15, 0.2) is 12.3 Å². The normalized spacial score (nSPS) is 17.5. The van der Waals surface area contributed by atoms with Crippen LogP contribution in [-0.2, 0) is 4.74 Å². The number of anilines is 2. The van der Waals surface area contributed by atoms with Crippen molar-refractivity contribution >= 4 is 23.1 Å². The molecule has 2 heterocycles. The second-order valence-corrected chi connectivity index (χ2v) is 3.92. The molecule has 0 radical (unpaired) electrons. The Balaban J connectivity index is 2.16. The topological polar surface area (TPSA) is 51.4 Å². The lowest BCUT2D eigenvalue weighted by atomic mass is 10.3. The molecule has 1 saturated heterocycles. The van der Waals surface area contributed by atoms with Gasteiger partial charge in [-0.15, -0.1) is 0 Å². The van der Waals surface area contributed by atoms with Crippen molar-refractivity contribution in [3.63, 3.8) is 0 Å². The quantitative estimate of drug-likeness (QED) is 0.791. The number of halogens is 1. The zero-order chi connectivity index (χ0) is 10.7. The van der Waals surface area contributed by atoms with E-state index in [1.807, 2.05) is 6.07 Å². The Kier molecular flexibility index (Phi) is 3.28. The van der Waals surface area contributed by atoms with Gasteiger partial charge in [-0.25, -0.2) is 4.98 Å². The molecule has 1 aliphatic heterocycles. The van der Waals surface area contributed by atoms with Crippen molar-refractivity contribution in [1.29, 1.82) is 0 Å². The summed E-state index contributed by atoms with van der Waals surface area (Å²) in [6, 6.07) is 1.81. The highest BCUT2D eigenvalue weighted by Gasteiger charge is 2.11. The summed E-state index contributed by atoms with van der Waals surface area (Å²) >= 11 is 5.82. The number of nitrogen functional groups attached to an aromatic ring is 1. The van der Waals surface area contributed by atoms with E-state index >= 15 is 0 Å². The van der Waals surface area contributed by atoms with E-state index in [0.717, 1.165) is 38.5 Å². The minimum Gasteiger partial charge on any atom is -0.397 e. The van der Waals surface area contributed by atoms with Crippen molar-refractivity contribution in [2.24, 2.45) is 0 Å². The van der Waals surface area contributed by atoms with Gasteiger partial charge in [0, 0.05) is 32.0 Å². The summed E-state index contributed by atoms with van der Waals surface area (Å²) in [5.41, 5.74) is 6.31. The van der Waals surface area contributed by atoms with E-state index in [9.17, 15) is 0 Å². The molecule has 0 aliphatic carbocycles. The third kappa shape index (κ3) is 2.52. The van der Waals surface area contributed by atoms with Crippen molar-refractivity contribution < 1.29 is 4.74 Å². The lowest BCUT2D eigenvalue weighted by Gasteiger charge is -2.20. The molecule has 2 N–H and O–H groups in total. The Labute approximate surface area is 94.0 Å². The number of aromatic nitrogens is 1. The largest absolute Gasteiger partial charge is 0.397 e. The van der Waals surface area contributed by atoms with E-state index in [2.05, 4.69) is 9.88 Å². The zero-order valence-corrected chi connectivity index (χ0v) is 9.20. The van der Waals surface area contributed by atoms with E-state index in [4.69, 9.17) is 22.1 Å². The van der Waals surface area contributed by atoms with Crippen LogP contribution in [0.4, 0.5) is 11.5 Å². The lowest BCUT2D eigenvalue weighted by Crippen LogP contribution is -2.26. The highest BCUT2D eigenvalue weighted by atomic mass is 35.5. The van der Waals surface area contributed by atoms with Gasteiger partial charge in [0.05, 0.1) is 17.3 Å². The number of hydrogen-bond acceptors (Lipinski definition) is 4. The van der Waals surface area contributed by atoms with Crippen LogP contribution >= 0.6 is 11.6 Å². The van der Waals surface area contributed by atoms with E-state index in [0.29, 0.717) is 10.7 Å². The Morgan fingerprint density at radius 1 is 1.40 bits per heavy atom. The van der Waals surface area contributed by atoms with Gasteiger partial charge in [0.2, 0.25) is 0 Å². The van der Waals surface area contributed by atoms with Gasteiger partial charge in [-0.1, -0.05) is 11.6 Å². The summed E-state index contributed by atoms with van der Waals surface area (Å²) in [6.07, 6.45) is 2.61. The fourth-order valence-corrected chi connectivity index (χ4v) is 1.69. The van der Waals surface area contributed by atoms with Gasteiger partial charge >= 0.3 is 0 Å². The molecule has 1 aromatic rings. The van der Waals surface area contributed by atoms with Gasteiger partial charge in [0.15, 0.2) is 0 Å². The first-order chi connectivity index (χ1) is 7.27. The van der Waals surface area contributed by atoms with Gasteiger partial charge in [-0.3, -0.25) is 0 Å². The molecule has 0 aromatic carbocycles. The summed E-state index contributed by atoms with van der Waals surface area (Å²) in [7, 11) is 0. The first-order valence-corrected chi connectivity index (χ1v) is 5.39. The van der Waals surface area contributed by atoms with E-state index in [-0.39, 0.29) is 0 Å². The molecule has 0 unspecified atom stereocenters. The van der Waals surface area contributed by atoms with Crippen LogP contribution in [0.1, 0.15) is 6.42 Å². The number of pyridine rings is 1. The van der Waals surface area contributed by atoms with Crippen LogP contribution in [-0.4, -0.2) is 31.3 Å². The lowest BCUT2D eigenvalue weighted by molar-refractivity contribution is 0.152. The molecular formula is C10H14ClN3O. The Hall–Kier alpha value is -1.00. The summed E-state index contributed by atoms with van der Waals surface area (Å²) < 4.78 is 5.37. The van der Waals surface area contributed by atoms with Crippen molar-refractivity contribution in [2.75, 3.05) is 36.9 Å². The Morgan fingerprint density at radius 2 is 2.27 bits per heavy atom. The zero-order valence-electron chi connectivity index (χ0n) is 8.45. The maximum Gasteiger partial charge on any atom is 0.130 e. The fourth-order valence-electron chi connectivity index (χ4n) is 1.59. The average Bonchev–Trinajstić information content (AvgIpc) is 2.50. The molecule has 15 heavy (non-hydrogen) atoms. The van der Waals surface area contributed by atoms with Crippen LogP contribution in [0.2, 0.25) is 5.02 Å². The number of nitrogens with zero attached hydrogens (tertiary/aromatic N) is 2. The summed E-state index contributed by atoms with van der Waals surface area (Å²) in [5, 5.41) is 0.504. The molecule has 5 heteroatoms. The number of rotatable bonds is 1. The molecule has 2 rings (SSSR count). The maximum atomic E-state index is 5.82. The highest BCUT2D eigenvalue weighted by Crippen LogP contribution is 2.22. The second-order valence-electron chi connectivity index (χ2n) is 3.52. The Morgan fingerprint density at radius 3 is 3.07 bits per heavy atom. The van der Waals surface area contributed by atoms with E-state index < -0.39 is 0 Å². The van der Waals surface area contributed by atoms with Crippen LogP contribution < -0.4 is 10.6 Å². The number of hydrogen-bond donors (Lipinski definition) is 1. The Bertz CT molecular complexity index is 337. The monoisotopic (exact) mass is 227 g/mol. The van der Waals surface area contributed by atoms with E-state index in [1.165, 1.54) is 0 Å². The van der Waals surface area contributed by atoms with Crippen molar-refractivity contribution in [1.82, 2.24) is 4.98 Å². The predicted octanol–water partition coefficient (Wildman–Crippen LogP) is 1.54. The van der Waals surface area contributed by atoms with Gasteiger partial charge < -0.3 is 15.4 Å². The first-order valence-electron chi connectivity index (χ1n) is 5.01. The molecular weight excluding hydrogens is 214 g/mol. The molecule has 1 fully saturated rings. The molecule has 0 bridgehead atoms. The second kappa shape index (κ2) is 4.68. The highest BCUT2D eigenvalue weighted by molar-refractivity contribution is 6.32. The van der Waals surface area contributed by atoms with E-state index in [1.54, 1.807) is 6.20 Å². The van der Waals surface area contributed by atoms with Crippen molar-refractivity contribution in [2.45, 2.75) is 6.42 Å². The molecule has 0 atom stereocenters. The minimum absolute atomic E-state index is 0.504. The van der Waals surface area contributed by atoms with Crippen LogP contribution in [0.25, 0.3) is 0 Å². The van der Waals surface area contributed by atoms with Gasteiger partial charge in [-0.2, -0.15) is 0 Å². The smallest absolute Gasteiger partial charge is 0.130 e. The number of ether oxygens (including phenoxy) is 1. The SMILES string of the molecule is Nc1cc(N2CCCOCC2)ncc1Cl. The molecule has 82 valence electrons. The summed E-state index contributed by atoms with van der Waals surface area (Å²) in [4.78, 5) is 6.43. The fraction of sp³-hybridized carbons (Fsp3) is 0.500. The maximum absolute atomic E-state index is 5.82. The van der Waals surface area contributed by atoms with Crippen molar-refractivity contribution in [3.8, 4) is 0 Å². The summed E-state index contributed by atoms with van der Waals surface area (Å²) in [6.45, 7) is 3.37. The van der Waals surface area contributed by atoms with Gasteiger partial charge in [0.1, 0.15) is 5.82 Å². The molecule has 0 saturated carbocycles. The molecule has 0 spiro atoms. The third-order valence-electron chi connectivity index (χ3n) is 2.42. The molecule has 4 nitrogen and oxygen atoms in total. The van der Waals surface area contributed by atoms with Crippen molar-refractivity contribution in [3.05, 3.63) is 17.3 Å². The predicted molar refractivity (Wildman–Crippen MR) is 61.3 cm³/mol. The standard InChI is InChI=1S/C10H14ClN3O/c11-8-7-13-10(6-9(8)12)14-2-1-4-15-5-3-14/h6-7H,1-5H2,(H2,12,13). The van der Waals surface area contributed by atoms with Gasteiger partial charge in [0.25, 0.3) is 0 Å². The molecule has 1 aromatic heterocycles. The molecule has 0 amide bonds. The third-order valence-corrected chi connectivity index (χ3v) is 2.73. The van der Waals surface area contributed by atoms with Crippen LogP contribution in [0.3, 0.4) is 0 Å². The van der Waals surface area contributed by atoms with Crippen LogP contribution in [0.5, 0.6) is 0 Å². The van der Waals surface area contributed by atoms with Gasteiger partial charge in [-0.05, 0) is 6.42 Å². The number of nitrogens with two attached hydrogens (primary N) is 1. The van der Waals surface area contributed by atoms with Crippen LogP contribution in [0, 0.1) is 0 Å². The first kappa shape index (κ1) is 10.5. The minimum atomic E-state index is 0.504.